The summed E-state index contributed by atoms with van der Waals surface area (Å²) in [4.78, 5) is 8.24. The predicted octanol–water partition coefficient (Wildman–Crippen LogP) is 2.54. The zero-order valence-electron chi connectivity index (χ0n) is 14.6. The van der Waals surface area contributed by atoms with Gasteiger partial charge in [-0.05, 0) is 24.1 Å². The maximum atomic E-state index is 14.0. The Bertz CT molecular complexity index is 910. The van der Waals surface area contributed by atoms with Gasteiger partial charge in [-0.15, -0.1) is 0 Å². The maximum Gasteiger partial charge on any atom is 0.183 e. The van der Waals surface area contributed by atoms with Crippen molar-refractivity contribution in [1.29, 1.82) is 0 Å². The number of rotatable bonds is 6. The van der Waals surface area contributed by atoms with Crippen LogP contribution < -0.4 is 11.1 Å². The first kappa shape index (κ1) is 17.8. The second-order valence-electron chi connectivity index (χ2n) is 6.07. The average Bonchev–Trinajstić information content (AvgIpc) is 3.07. The lowest BCUT2D eigenvalue weighted by Gasteiger charge is -2.12. The molecule has 0 aliphatic heterocycles. The quantitative estimate of drug-likeness (QED) is 0.627. The van der Waals surface area contributed by atoms with Gasteiger partial charge >= 0.3 is 0 Å². The van der Waals surface area contributed by atoms with Crippen molar-refractivity contribution in [1.82, 2.24) is 19.7 Å². The third-order valence-electron chi connectivity index (χ3n) is 4.08. The Kier molecular flexibility index (Phi) is 5.13. The van der Waals surface area contributed by atoms with E-state index in [1.807, 2.05) is 20.2 Å². The lowest BCUT2D eigenvalue weighted by Crippen LogP contribution is -2.28. The minimum absolute atomic E-state index is 0.0143. The molecule has 0 radical (unpaired) electrons. The molecule has 0 spiro atoms. The number of aromatic hydroxyl groups is 1. The molecule has 1 aromatic carbocycles. The number of anilines is 1. The molecule has 2 aromatic heterocycles. The van der Waals surface area contributed by atoms with Gasteiger partial charge in [0.15, 0.2) is 17.5 Å². The van der Waals surface area contributed by atoms with Crippen LogP contribution >= 0.6 is 0 Å². The van der Waals surface area contributed by atoms with Crippen molar-refractivity contribution in [2.24, 2.45) is 12.8 Å². The number of benzene rings is 1. The summed E-state index contributed by atoms with van der Waals surface area (Å²) in [6, 6.07) is 4.99. The molecule has 1 atom stereocenters. The molecule has 0 saturated heterocycles. The van der Waals surface area contributed by atoms with Crippen molar-refractivity contribution >= 4 is 5.82 Å². The van der Waals surface area contributed by atoms with Gasteiger partial charge in [-0.2, -0.15) is 5.10 Å². The van der Waals surface area contributed by atoms with Crippen LogP contribution in [-0.4, -0.2) is 37.4 Å². The molecule has 7 nitrogen and oxygen atoms in total. The zero-order chi connectivity index (χ0) is 18.7. The van der Waals surface area contributed by atoms with Crippen LogP contribution in [0.4, 0.5) is 10.2 Å². The molecular formula is C18H21FN6O. The van der Waals surface area contributed by atoms with E-state index in [4.69, 9.17) is 5.73 Å². The highest BCUT2D eigenvalue weighted by Crippen LogP contribution is 2.32. The molecule has 26 heavy (non-hydrogen) atoms. The van der Waals surface area contributed by atoms with Gasteiger partial charge in [-0.1, -0.05) is 13.0 Å². The van der Waals surface area contributed by atoms with E-state index in [1.54, 1.807) is 29.1 Å². The van der Waals surface area contributed by atoms with Crippen LogP contribution in [0.5, 0.6) is 5.75 Å². The molecule has 3 rings (SSSR count). The van der Waals surface area contributed by atoms with E-state index in [-0.39, 0.29) is 23.4 Å². The lowest BCUT2D eigenvalue weighted by molar-refractivity contribution is 0.477. The molecule has 2 heterocycles. The van der Waals surface area contributed by atoms with Crippen molar-refractivity contribution in [3.8, 4) is 28.3 Å². The van der Waals surface area contributed by atoms with E-state index in [2.05, 4.69) is 20.4 Å². The van der Waals surface area contributed by atoms with E-state index >= 15 is 0 Å². The standard InChI is InChI=1S/C18H21FN6O/c1-3-13(20)8-21-18-15(19)9-22-17(24-18)14-6-11(4-5-16(14)26)12-7-23-25(2)10-12/h4-7,9-10,13,26H,3,8,20H2,1-2H3,(H,21,22,24)/t13-/m0/s1. The average molecular weight is 356 g/mol. The highest BCUT2D eigenvalue weighted by atomic mass is 19.1. The summed E-state index contributed by atoms with van der Waals surface area (Å²) in [6.45, 7) is 2.35. The fraction of sp³-hybridized carbons (Fsp3) is 0.278. The minimum atomic E-state index is -0.569. The Morgan fingerprint density at radius 1 is 1.31 bits per heavy atom. The number of aromatic nitrogens is 4. The zero-order valence-corrected chi connectivity index (χ0v) is 14.6. The van der Waals surface area contributed by atoms with Crippen molar-refractivity contribution in [2.75, 3.05) is 11.9 Å². The van der Waals surface area contributed by atoms with E-state index < -0.39 is 5.82 Å². The van der Waals surface area contributed by atoms with Gasteiger partial charge in [-0.25, -0.2) is 14.4 Å². The molecule has 8 heteroatoms. The second-order valence-corrected chi connectivity index (χ2v) is 6.07. The smallest absolute Gasteiger partial charge is 0.183 e. The van der Waals surface area contributed by atoms with Gasteiger partial charge in [0.05, 0.1) is 18.0 Å². The Labute approximate surface area is 150 Å². The topological polar surface area (TPSA) is 102 Å². The molecule has 0 fully saturated rings. The summed E-state index contributed by atoms with van der Waals surface area (Å²) < 4.78 is 15.7. The number of hydrogen-bond donors (Lipinski definition) is 3. The summed E-state index contributed by atoms with van der Waals surface area (Å²) in [7, 11) is 1.83. The Hall–Kier alpha value is -3.00. The first-order valence-corrected chi connectivity index (χ1v) is 8.32. The summed E-state index contributed by atoms with van der Waals surface area (Å²) >= 11 is 0. The first-order valence-electron chi connectivity index (χ1n) is 8.32. The van der Waals surface area contributed by atoms with Crippen LogP contribution in [-0.2, 0) is 7.05 Å². The van der Waals surface area contributed by atoms with E-state index in [1.165, 1.54) is 0 Å². The third kappa shape index (κ3) is 3.80. The van der Waals surface area contributed by atoms with E-state index in [0.717, 1.165) is 23.7 Å². The molecular weight excluding hydrogens is 335 g/mol. The molecule has 0 aliphatic rings. The molecule has 0 unspecified atom stereocenters. The van der Waals surface area contributed by atoms with Crippen LogP contribution in [0.3, 0.4) is 0 Å². The van der Waals surface area contributed by atoms with Gasteiger partial charge in [-0.3, -0.25) is 4.68 Å². The minimum Gasteiger partial charge on any atom is -0.507 e. The number of phenolic OH excluding ortho intramolecular Hbond substituents is 1. The molecule has 4 N–H and O–H groups in total. The summed E-state index contributed by atoms with van der Waals surface area (Å²) in [5, 5.41) is 17.3. The first-order chi connectivity index (χ1) is 12.5. The van der Waals surface area contributed by atoms with E-state index in [9.17, 15) is 9.50 Å². The summed E-state index contributed by atoms with van der Waals surface area (Å²) in [6.07, 6.45) is 5.43. The molecule has 0 aliphatic carbocycles. The van der Waals surface area contributed by atoms with Gasteiger partial charge in [0, 0.05) is 31.4 Å². The van der Waals surface area contributed by atoms with Gasteiger partial charge in [0.1, 0.15) is 5.75 Å². The number of halogens is 1. The molecule has 136 valence electrons. The van der Waals surface area contributed by atoms with Gasteiger partial charge < -0.3 is 16.2 Å². The van der Waals surface area contributed by atoms with Crippen molar-refractivity contribution in [3.05, 3.63) is 42.6 Å². The van der Waals surface area contributed by atoms with E-state index in [0.29, 0.717) is 12.1 Å². The predicted molar refractivity (Wildman–Crippen MR) is 98.0 cm³/mol. The number of hydrogen-bond acceptors (Lipinski definition) is 6. The van der Waals surface area contributed by atoms with Crippen molar-refractivity contribution in [2.45, 2.75) is 19.4 Å². The largest absolute Gasteiger partial charge is 0.507 e. The molecule has 3 aromatic rings. The summed E-state index contributed by atoms with van der Waals surface area (Å²) in [5.41, 5.74) is 8.01. The van der Waals surface area contributed by atoms with Crippen LogP contribution in [0.1, 0.15) is 13.3 Å². The number of nitrogens with zero attached hydrogens (tertiary/aromatic N) is 4. The van der Waals surface area contributed by atoms with Crippen LogP contribution in [0.25, 0.3) is 22.5 Å². The number of phenols is 1. The number of aryl methyl sites for hydroxylation is 1. The third-order valence-corrected chi connectivity index (χ3v) is 4.08. The van der Waals surface area contributed by atoms with Gasteiger partial charge in [0.2, 0.25) is 0 Å². The fourth-order valence-corrected chi connectivity index (χ4v) is 2.46. The Morgan fingerprint density at radius 2 is 2.12 bits per heavy atom. The lowest BCUT2D eigenvalue weighted by atomic mass is 10.0. The van der Waals surface area contributed by atoms with Crippen LogP contribution in [0.2, 0.25) is 0 Å². The Balaban J connectivity index is 1.95. The maximum absolute atomic E-state index is 14.0. The number of nitrogens with one attached hydrogen (secondary N) is 1. The highest BCUT2D eigenvalue weighted by molar-refractivity contribution is 5.74. The van der Waals surface area contributed by atoms with Crippen LogP contribution in [0.15, 0.2) is 36.8 Å². The van der Waals surface area contributed by atoms with Crippen molar-refractivity contribution in [3.63, 3.8) is 0 Å². The molecule has 0 amide bonds. The second kappa shape index (κ2) is 7.49. The summed E-state index contributed by atoms with van der Waals surface area (Å²) in [5.74, 6) is -0.271. The Morgan fingerprint density at radius 3 is 2.81 bits per heavy atom. The monoisotopic (exact) mass is 356 g/mol. The SMILES string of the molecule is CC[C@H](N)CNc1nc(-c2cc(-c3cnn(C)c3)ccc2O)ncc1F. The molecule has 0 bridgehead atoms. The normalized spacial score (nSPS) is 12.2. The molecule has 0 saturated carbocycles. The highest BCUT2D eigenvalue weighted by Gasteiger charge is 2.14. The van der Waals surface area contributed by atoms with Crippen LogP contribution in [0, 0.1) is 5.82 Å². The fourth-order valence-electron chi connectivity index (χ4n) is 2.46. The number of nitrogens with two attached hydrogens (primary N) is 1. The van der Waals surface area contributed by atoms with Crippen molar-refractivity contribution < 1.29 is 9.50 Å². The van der Waals surface area contributed by atoms with Gasteiger partial charge in [0.25, 0.3) is 0 Å².